The SMILES string of the molecule is Nc1nccc(-c2ccc3c(c2)N=C(C2COc4ccc(C(=O)NC5CCCC5)cc4C2)C3)n1. The van der Waals surface area contributed by atoms with Crippen LogP contribution in [0.25, 0.3) is 11.3 Å². The average Bonchev–Trinajstić information content (AvgIpc) is 3.52. The molecule has 0 radical (unpaired) electrons. The quantitative estimate of drug-likeness (QED) is 0.614. The van der Waals surface area contributed by atoms with Gasteiger partial charge in [0.15, 0.2) is 0 Å². The zero-order valence-electron chi connectivity index (χ0n) is 19.0. The molecule has 2 aliphatic heterocycles. The number of aromatic nitrogens is 2. The maximum Gasteiger partial charge on any atom is 0.251 e. The summed E-state index contributed by atoms with van der Waals surface area (Å²) < 4.78 is 6.08. The van der Waals surface area contributed by atoms with Crippen LogP contribution in [0.1, 0.15) is 47.2 Å². The van der Waals surface area contributed by atoms with Gasteiger partial charge in [-0.15, -0.1) is 0 Å². The molecule has 1 unspecified atom stereocenters. The van der Waals surface area contributed by atoms with Crippen molar-refractivity contribution in [2.45, 2.75) is 44.6 Å². The summed E-state index contributed by atoms with van der Waals surface area (Å²) in [5.41, 5.74) is 12.6. The topological polar surface area (TPSA) is 102 Å². The van der Waals surface area contributed by atoms with Crippen molar-refractivity contribution in [1.29, 1.82) is 0 Å². The molecule has 0 spiro atoms. The number of carbonyl (C=O) groups is 1. The minimum Gasteiger partial charge on any atom is -0.493 e. The van der Waals surface area contributed by atoms with E-state index >= 15 is 0 Å². The molecule has 6 rings (SSSR count). The minimum atomic E-state index is 0.0142. The van der Waals surface area contributed by atoms with Crippen LogP contribution in [0.4, 0.5) is 11.6 Å². The van der Waals surface area contributed by atoms with Gasteiger partial charge in [-0.3, -0.25) is 9.79 Å². The number of aliphatic imine (C=N–C) groups is 1. The first-order valence-electron chi connectivity index (χ1n) is 12.0. The van der Waals surface area contributed by atoms with Crippen LogP contribution in [-0.2, 0) is 12.8 Å². The lowest BCUT2D eigenvalue weighted by atomic mass is 9.89. The second-order valence-electron chi connectivity index (χ2n) is 9.41. The van der Waals surface area contributed by atoms with Crippen LogP contribution in [0.2, 0.25) is 0 Å². The van der Waals surface area contributed by atoms with Crippen LogP contribution < -0.4 is 15.8 Å². The Morgan fingerprint density at radius 1 is 1.06 bits per heavy atom. The number of hydrogen-bond donors (Lipinski definition) is 2. The number of rotatable bonds is 4. The summed E-state index contributed by atoms with van der Waals surface area (Å²) in [7, 11) is 0. The highest BCUT2D eigenvalue weighted by atomic mass is 16.5. The van der Waals surface area contributed by atoms with E-state index in [1.807, 2.05) is 24.3 Å². The molecule has 1 aliphatic carbocycles. The number of amides is 1. The maximum absolute atomic E-state index is 12.8. The normalized spacial score (nSPS) is 19.2. The highest BCUT2D eigenvalue weighted by molar-refractivity contribution is 5.97. The third-order valence-electron chi connectivity index (χ3n) is 7.08. The molecule has 1 amide bonds. The molecule has 1 fully saturated rings. The van der Waals surface area contributed by atoms with E-state index in [4.69, 9.17) is 15.5 Å². The number of nitrogens with two attached hydrogens (primary N) is 1. The zero-order valence-corrected chi connectivity index (χ0v) is 19.0. The Labute approximate surface area is 198 Å². The number of nitrogen functional groups attached to an aromatic ring is 1. The van der Waals surface area contributed by atoms with Gasteiger partial charge in [0.25, 0.3) is 5.91 Å². The maximum atomic E-state index is 12.8. The standard InChI is InChI=1S/C27H27N5O2/c28-27-29-10-9-22(32-27)16-5-6-17-14-24(31-23(17)13-16)20-12-19-11-18(7-8-25(19)34-15-20)26(33)30-21-3-1-2-4-21/h5-11,13,20-21H,1-4,12,14-15H2,(H,30,33)(H2,28,29,32). The largest absolute Gasteiger partial charge is 0.493 e. The Balaban J connectivity index is 1.20. The molecule has 1 aromatic heterocycles. The van der Waals surface area contributed by atoms with Gasteiger partial charge in [-0.1, -0.05) is 25.0 Å². The van der Waals surface area contributed by atoms with E-state index in [0.29, 0.717) is 18.2 Å². The predicted octanol–water partition coefficient (Wildman–Crippen LogP) is 4.28. The van der Waals surface area contributed by atoms with Crippen LogP contribution in [0, 0.1) is 5.92 Å². The van der Waals surface area contributed by atoms with Gasteiger partial charge in [-0.2, -0.15) is 0 Å². The number of fused-ring (bicyclic) bond motifs is 2. The van der Waals surface area contributed by atoms with Crippen molar-refractivity contribution in [3.05, 3.63) is 65.4 Å². The molecule has 3 aliphatic rings. The highest BCUT2D eigenvalue weighted by Crippen LogP contribution is 2.36. The molecular weight excluding hydrogens is 426 g/mol. The number of carbonyl (C=O) groups excluding carboxylic acids is 1. The van der Waals surface area contributed by atoms with Crippen LogP contribution in [-0.4, -0.2) is 34.2 Å². The number of hydrogen-bond acceptors (Lipinski definition) is 6. The molecule has 1 saturated carbocycles. The Hall–Kier alpha value is -3.74. The second kappa shape index (κ2) is 8.56. The van der Waals surface area contributed by atoms with Crippen LogP contribution in [0.3, 0.4) is 0 Å². The van der Waals surface area contributed by atoms with E-state index in [0.717, 1.165) is 59.7 Å². The number of nitrogens with zero attached hydrogens (tertiary/aromatic N) is 3. The summed E-state index contributed by atoms with van der Waals surface area (Å²) in [6.07, 6.45) is 7.85. The molecule has 2 aromatic carbocycles. The van der Waals surface area contributed by atoms with Crippen molar-refractivity contribution < 1.29 is 9.53 Å². The third-order valence-corrected chi connectivity index (χ3v) is 7.08. The van der Waals surface area contributed by atoms with Gasteiger partial charge >= 0.3 is 0 Å². The molecule has 3 heterocycles. The minimum absolute atomic E-state index is 0.0142. The molecule has 3 aromatic rings. The molecule has 7 nitrogen and oxygen atoms in total. The Kier molecular flexibility index (Phi) is 5.24. The Morgan fingerprint density at radius 2 is 1.94 bits per heavy atom. The summed E-state index contributed by atoms with van der Waals surface area (Å²) in [5, 5.41) is 3.18. The predicted molar refractivity (Wildman–Crippen MR) is 132 cm³/mol. The molecule has 0 bridgehead atoms. The molecule has 34 heavy (non-hydrogen) atoms. The molecule has 172 valence electrons. The molecule has 1 atom stereocenters. The molecule has 0 saturated heterocycles. The van der Waals surface area contributed by atoms with Gasteiger partial charge in [0.1, 0.15) is 5.75 Å². The first-order chi connectivity index (χ1) is 16.6. The number of nitrogens with one attached hydrogen (secondary N) is 1. The summed E-state index contributed by atoms with van der Waals surface area (Å²) in [6, 6.07) is 14.2. The number of ether oxygens (including phenoxy) is 1. The average molecular weight is 454 g/mol. The van der Waals surface area contributed by atoms with Gasteiger partial charge in [0.2, 0.25) is 5.95 Å². The lowest BCUT2D eigenvalue weighted by molar-refractivity contribution is 0.0937. The first-order valence-corrected chi connectivity index (χ1v) is 12.0. The molecule has 3 N–H and O–H groups in total. The first kappa shape index (κ1) is 20.8. The van der Waals surface area contributed by atoms with E-state index in [2.05, 4.69) is 33.5 Å². The van der Waals surface area contributed by atoms with E-state index in [1.54, 1.807) is 6.20 Å². The monoisotopic (exact) mass is 453 g/mol. The van der Waals surface area contributed by atoms with E-state index in [-0.39, 0.29) is 17.8 Å². The Morgan fingerprint density at radius 3 is 2.79 bits per heavy atom. The van der Waals surface area contributed by atoms with Gasteiger partial charge in [0.05, 0.1) is 18.0 Å². The van der Waals surface area contributed by atoms with Gasteiger partial charge in [-0.25, -0.2) is 9.97 Å². The lowest BCUT2D eigenvalue weighted by Gasteiger charge is -2.26. The third kappa shape index (κ3) is 4.02. The van der Waals surface area contributed by atoms with Crippen molar-refractivity contribution in [2.24, 2.45) is 10.9 Å². The summed E-state index contributed by atoms with van der Waals surface area (Å²) in [5.74, 6) is 1.33. The fraction of sp³-hybridized carbons (Fsp3) is 0.333. The van der Waals surface area contributed by atoms with Crippen LogP contribution in [0.15, 0.2) is 53.7 Å². The van der Waals surface area contributed by atoms with Crippen molar-refractivity contribution in [3.8, 4) is 17.0 Å². The lowest BCUT2D eigenvalue weighted by Crippen LogP contribution is -2.33. The van der Waals surface area contributed by atoms with Gasteiger partial charge in [0, 0.05) is 41.4 Å². The van der Waals surface area contributed by atoms with Crippen molar-refractivity contribution in [3.63, 3.8) is 0 Å². The smallest absolute Gasteiger partial charge is 0.251 e. The van der Waals surface area contributed by atoms with Crippen molar-refractivity contribution >= 4 is 23.3 Å². The summed E-state index contributed by atoms with van der Waals surface area (Å²) in [6.45, 7) is 0.600. The van der Waals surface area contributed by atoms with Crippen LogP contribution in [0.5, 0.6) is 5.75 Å². The van der Waals surface area contributed by atoms with Crippen molar-refractivity contribution in [1.82, 2.24) is 15.3 Å². The van der Waals surface area contributed by atoms with E-state index in [1.165, 1.54) is 18.4 Å². The van der Waals surface area contributed by atoms with Gasteiger partial charge < -0.3 is 15.8 Å². The van der Waals surface area contributed by atoms with Gasteiger partial charge in [-0.05, 0) is 60.7 Å². The van der Waals surface area contributed by atoms with E-state index in [9.17, 15) is 4.79 Å². The highest BCUT2D eigenvalue weighted by Gasteiger charge is 2.29. The van der Waals surface area contributed by atoms with E-state index < -0.39 is 0 Å². The fourth-order valence-electron chi connectivity index (χ4n) is 5.22. The summed E-state index contributed by atoms with van der Waals surface area (Å²) in [4.78, 5) is 26.0. The zero-order chi connectivity index (χ0) is 23.1. The second-order valence-corrected chi connectivity index (χ2v) is 9.41. The molecular formula is C27H27N5O2. The number of anilines is 1. The summed E-state index contributed by atoms with van der Waals surface area (Å²) >= 11 is 0. The van der Waals surface area contributed by atoms with Crippen LogP contribution >= 0.6 is 0 Å². The molecule has 7 heteroatoms. The fourth-order valence-corrected chi connectivity index (χ4v) is 5.22. The Bertz CT molecular complexity index is 1300. The van der Waals surface area contributed by atoms with Crippen molar-refractivity contribution in [2.75, 3.05) is 12.3 Å². The number of benzene rings is 2.